The lowest BCUT2D eigenvalue weighted by atomic mass is 10.2. The zero-order valence-corrected chi connectivity index (χ0v) is 13.6. The van der Waals surface area contributed by atoms with Gasteiger partial charge in [-0.25, -0.2) is 9.97 Å². The number of fused-ring (bicyclic) bond motifs is 2. The summed E-state index contributed by atoms with van der Waals surface area (Å²) in [4.78, 5) is 23.9. The third-order valence-electron chi connectivity index (χ3n) is 3.89. The van der Waals surface area contributed by atoms with E-state index >= 15 is 0 Å². The molecule has 4 heterocycles. The van der Waals surface area contributed by atoms with E-state index < -0.39 is 0 Å². The highest BCUT2D eigenvalue weighted by Gasteiger charge is 2.21. The van der Waals surface area contributed by atoms with Gasteiger partial charge in [-0.1, -0.05) is 6.07 Å². The van der Waals surface area contributed by atoms with Crippen molar-refractivity contribution in [2.24, 2.45) is 0 Å². The zero-order valence-electron chi connectivity index (χ0n) is 12.8. The van der Waals surface area contributed by atoms with E-state index in [0.29, 0.717) is 5.13 Å². The summed E-state index contributed by atoms with van der Waals surface area (Å²) in [5.74, 6) is -0.0716. The fourth-order valence-corrected chi connectivity index (χ4v) is 3.98. The monoisotopic (exact) mass is 327 g/mol. The van der Waals surface area contributed by atoms with Crippen LogP contribution in [0.4, 0.5) is 5.13 Å². The molecule has 118 valence electrons. The number of pyridine rings is 1. The van der Waals surface area contributed by atoms with Crippen molar-refractivity contribution < 1.29 is 4.79 Å². The van der Waals surface area contributed by atoms with E-state index in [4.69, 9.17) is 0 Å². The number of hydrogen-bond acceptors (Lipinski definition) is 5. The first-order valence-corrected chi connectivity index (χ1v) is 8.40. The number of hydrogen-bond donors (Lipinski definition) is 1. The average Bonchev–Trinajstić information content (AvgIpc) is 3.08. The molecule has 6 nitrogen and oxygen atoms in total. The number of amides is 1. The molecule has 1 aliphatic rings. The molecule has 0 saturated carbocycles. The minimum Gasteiger partial charge on any atom is -0.307 e. The van der Waals surface area contributed by atoms with E-state index in [9.17, 15) is 4.79 Å². The first-order valence-electron chi connectivity index (χ1n) is 7.58. The predicted molar refractivity (Wildman–Crippen MR) is 89.4 cm³/mol. The lowest BCUT2D eigenvalue weighted by Crippen LogP contribution is -2.29. The number of thiazole rings is 1. The second-order valence-electron chi connectivity index (χ2n) is 5.73. The van der Waals surface area contributed by atoms with E-state index in [0.717, 1.165) is 43.1 Å². The molecule has 1 N–H and O–H groups in total. The van der Waals surface area contributed by atoms with Gasteiger partial charge in [0.1, 0.15) is 5.65 Å². The van der Waals surface area contributed by atoms with Crippen molar-refractivity contribution in [3.63, 3.8) is 0 Å². The Hall–Kier alpha value is -2.25. The van der Waals surface area contributed by atoms with E-state index in [1.165, 1.54) is 11.8 Å². The Balaban J connectivity index is 1.49. The van der Waals surface area contributed by atoms with Gasteiger partial charge in [0.15, 0.2) is 5.13 Å². The number of rotatable bonds is 3. The summed E-state index contributed by atoms with van der Waals surface area (Å²) in [6, 6.07) is 6.02. The molecule has 0 spiro atoms. The molecule has 7 heteroatoms. The number of carbonyl (C=O) groups is 1. The summed E-state index contributed by atoms with van der Waals surface area (Å²) in [6.07, 6.45) is 5.02. The normalized spacial score (nSPS) is 14.8. The Kier molecular flexibility index (Phi) is 3.59. The van der Waals surface area contributed by atoms with Crippen LogP contribution < -0.4 is 5.32 Å². The molecule has 0 bridgehead atoms. The summed E-state index contributed by atoms with van der Waals surface area (Å²) in [7, 11) is 0. The maximum Gasteiger partial charge on any atom is 0.223 e. The van der Waals surface area contributed by atoms with Crippen LogP contribution in [-0.2, 0) is 24.3 Å². The first kappa shape index (κ1) is 14.3. The molecule has 0 fully saturated rings. The predicted octanol–water partition coefficient (Wildman–Crippen LogP) is 2.31. The number of aromatic nitrogens is 3. The molecule has 1 aliphatic heterocycles. The van der Waals surface area contributed by atoms with Crippen molar-refractivity contribution in [3.8, 4) is 0 Å². The Bertz CT molecular complexity index is 835. The summed E-state index contributed by atoms with van der Waals surface area (Å²) in [5, 5.41) is 3.48. The smallest absolute Gasteiger partial charge is 0.223 e. The maximum absolute atomic E-state index is 11.2. The summed E-state index contributed by atoms with van der Waals surface area (Å²) in [6.45, 7) is 4.16. The number of nitrogens with one attached hydrogen (secondary N) is 1. The molecular weight excluding hydrogens is 310 g/mol. The molecule has 3 aromatic heterocycles. The molecular formula is C16H17N5OS. The SMILES string of the molecule is CC(=O)Nc1nc2c(s1)CN(Cc1cn3ccccc3n1)CC2. The van der Waals surface area contributed by atoms with Crippen LogP contribution in [-0.4, -0.2) is 31.7 Å². The quantitative estimate of drug-likeness (QED) is 0.802. The number of nitrogens with zero attached hydrogens (tertiary/aromatic N) is 4. The van der Waals surface area contributed by atoms with Crippen LogP contribution in [0, 0.1) is 0 Å². The van der Waals surface area contributed by atoms with Gasteiger partial charge in [-0.05, 0) is 12.1 Å². The van der Waals surface area contributed by atoms with Gasteiger partial charge in [-0.15, -0.1) is 11.3 Å². The Labute approximate surface area is 137 Å². The summed E-state index contributed by atoms with van der Waals surface area (Å²) >= 11 is 1.57. The van der Waals surface area contributed by atoms with Crippen LogP contribution in [0.3, 0.4) is 0 Å². The van der Waals surface area contributed by atoms with Crippen LogP contribution in [0.2, 0.25) is 0 Å². The summed E-state index contributed by atoms with van der Waals surface area (Å²) in [5.41, 5.74) is 3.17. The molecule has 23 heavy (non-hydrogen) atoms. The molecule has 0 aliphatic carbocycles. The van der Waals surface area contributed by atoms with E-state index in [1.807, 2.05) is 28.8 Å². The topological polar surface area (TPSA) is 62.5 Å². The van der Waals surface area contributed by atoms with Crippen molar-refractivity contribution in [2.45, 2.75) is 26.4 Å². The number of carbonyl (C=O) groups excluding carboxylic acids is 1. The van der Waals surface area contributed by atoms with E-state index in [1.54, 1.807) is 11.3 Å². The molecule has 0 atom stereocenters. The largest absolute Gasteiger partial charge is 0.307 e. The molecule has 0 radical (unpaired) electrons. The zero-order chi connectivity index (χ0) is 15.8. The minimum atomic E-state index is -0.0716. The third-order valence-corrected chi connectivity index (χ3v) is 4.89. The van der Waals surface area contributed by atoms with Gasteiger partial charge < -0.3 is 9.72 Å². The summed E-state index contributed by atoms with van der Waals surface area (Å²) < 4.78 is 2.05. The van der Waals surface area contributed by atoms with Gasteiger partial charge >= 0.3 is 0 Å². The highest BCUT2D eigenvalue weighted by Crippen LogP contribution is 2.28. The molecule has 0 aromatic carbocycles. The van der Waals surface area contributed by atoms with Gasteiger partial charge in [0.2, 0.25) is 5.91 Å². The number of anilines is 1. The van der Waals surface area contributed by atoms with Gasteiger partial charge in [0.25, 0.3) is 0 Å². The third kappa shape index (κ3) is 2.97. The van der Waals surface area contributed by atoms with Gasteiger partial charge in [-0.2, -0.15) is 0 Å². The molecule has 0 unspecified atom stereocenters. The first-order chi connectivity index (χ1) is 11.2. The highest BCUT2D eigenvalue weighted by atomic mass is 32.1. The molecule has 3 aromatic rings. The Morgan fingerprint density at radius 3 is 3.13 bits per heavy atom. The highest BCUT2D eigenvalue weighted by molar-refractivity contribution is 7.15. The van der Waals surface area contributed by atoms with Gasteiger partial charge in [-0.3, -0.25) is 9.69 Å². The van der Waals surface area contributed by atoms with Gasteiger partial charge in [0, 0.05) is 50.2 Å². The van der Waals surface area contributed by atoms with Crippen LogP contribution in [0.15, 0.2) is 30.6 Å². The molecule has 1 amide bonds. The van der Waals surface area contributed by atoms with E-state index in [2.05, 4.69) is 26.4 Å². The standard InChI is InChI=1S/C16H17N5OS/c1-11(22)17-16-19-13-5-7-20(10-14(13)23-16)8-12-9-21-6-3-2-4-15(21)18-12/h2-4,6,9H,5,7-8,10H2,1H3,(H,17,19,22). The fourth-order valence-electron chi connectivity index (χ4n) is 2.88. The van der Waals surface area contributed by atoms with Crippen molar-refractivity contribution >= 4 is 28.0 Å². The van der Waals surface area contributed by atoms with Crippen LogP contribution in [0.5, 0.6) is 0 Å². The van der Waals surface area contributed by atoms with Crippen LogP contribution in [0.1, 0.15) is 23.2 Å². The maximum atomic E-state index is 11.2. The van der Waals surface area contributed by atoms with E-state index in [-0.39, 0.29) is 5.91 Å². The minimum absolute atomic E-state index is 0.0716. The van der Waals surface area contributed by atoms with Crippen molar-refractivity contribution in [1.82, 2.24) is 19.3 Å². The van der Waals surface area contributed by atoms with Crippen molar-refractivity contribution in [3.05, 3.63) is 46.9 Å². The van der Waals surface area contributed by atoms with Crippen LogP contribution in [0.25, 0.3) is 5.65 Å². The van der Waals surface area contributed by atoms with Crippen molar-refractivity contribution in [2.75, 3.05) is 11.9 Å². The average molecular weight is 327 g/mol. The molecule has 0 saturated heterocycles. The van der Waals surface area contributed by atoms with Crippen LogP contribution >= 0.6 is 11.3 Å². The number of imidazole rings is 1. The lowest BCUT2D eigenvalue weighted by Gasteiger charge is -2.24. The molecule has 4 rings (SSSR count). The second kappa shape index (κ2) is 5.75. The fraction of sp³-hybridized carbons (Fsp3) is 0.312. The Morgan fingerprint density at radius 1 is 1.39 bits per heavy atom. The van der Waals surface area contributed by atoms with Gasteiger partial charge in [0.05, 0.1) is 11.4 Å². The lowest BCUT2D eigenvalue weighted by molar-refractivity contribution is -0.114. The Morgan fingerprint density at radius 2 is 2.30 bits per heavy atom. The van der Waals surface area contributed by atoms with Crippen molar-refractivity contribution in [1.29, 1.82) is 0 Å². The second-order valence-corrected chi connectivity index (χ2v) is 6.81.